The fourth-order valence-electron chi connectivity index (χ4n) is 1.13. The lowest BCUT2D eigenvalue weighted by atomic mass is 10.2. The maximum atomic E-state index is 11.7. The van der Waals surface area contributed by atoms with E-state index in [2.05, 4.69) is 0 Å². The van der Waals surface area contributed by atoms with Gasteiger partial charge >= 0.3 is 0 Å². The topological polar surface area (TPSA) is 62.6 Å². The van der Waals surface area contributed by atoms with Crippen LogP contribution >= 0.6 is 0 Å². The molecule has 0 saturated carbocycles. The SMILES string of the molecule is CC(C#N)N(C)C(=O)C1COCCO1. The second kappa shape index (κ2) is 4.94. The number of ether oxygens (including phenoxy) is 2. The van der Waals surface area contributed by atoms with Gasteiger partial charge in [-0.2, -0.15) is 5.26 Å². The summed E-state index contributed by atoms with van der Waals surface area (Å²) in [5.74, 6) is -0.196. The van der Waals surface area contributed by atoms with E-state index in [1.807, 2.05) is 6.07 Å². The largest absolute Gasteiger partial charge is 0.376 e. The van der Waals surface area contributed by atoms with E-state index < -0.39 is 12.1 Å². The van der Waals surface area contributed by atoms with Crippen LogP contribution < -0.4 is 0 Å². The highest BCUT2D eigenvalue weighted by molar-refractivity contribution is 5.81. The van der Waals surface area contributed by atoms with Crippen molar-refractivity contribution in [2.24, 2.45) is 0 Å². The van der Waals surface area contributed by atoms with E-state index in [1.54, 1.807) is 14.0 Å². The standard InChI is InChI=1S/C9H14N2O3/c1-7(5-10)11(2)9(12)8-6-13-3-4-14-8/h7-8H,3-4,6H2,1-2H3. The molecular weight excluding hydrogens is 184 g/mol. The van der Waals surface area contributed by atoms with Crippen LogP contribution in [0.1, 0.15) is 6.92 Å². The zero-order chi connectivity index (χ0) is 10.6. The van der Waals surface area contributed by atoms with Crippen molar-refractivity contribution >= 4 is 5.91 Å². The van der Waals surface area contributed by atoms with Crippen LogP contribution in [0.5, 0.6) is 0 Å². The molecule has 1 fully saturated rings. The Morgan fingerprint density at radius 3 is 2.86 bits per heavy atom. The Kier molecular flexibility index (Phi) is 3.86. The summed E-state index contributed by atoms with van der Waals surface area (Å²) in [4.78, 5) is 13.0. The van der Waals surface area contributed by atoms with E-state index in [-0.39, 0.29) is 12.5 Å². The van der Waals surface area contributed by atoms with Gasteiger partial charge in [-0.3, -0.25) is 4.79 Å². The molecule has 5 heteroatoms. The van der Waals surface area contributed by atoms with Gasteiger partial charge in [0, 0.05) is 7.05 Å². The average Bonchev–Trinajstić information content (AvgIpc) is 2.27. The third-order valence-corrected chi connectivity index (χ3v) is 2.21. The average molecular weight is 198 g/mol. The highest BCUT2D eigenvalue weighted by Gasteiger charge is 2.27. The lowest BCUT2D eigenvalue weighted by Gasteiger charge is -2.27. The molecule has 0 radical (unpaired) electrons. The number of carbonyl (C=O) groups excluding carboxylic acids is 1. The molecule has 0 bridgehead atoms. The molecule has 1 rings (SSSR count). The summed E-state index contributed by atoms with van der Waals surface area (Å²) >= 11 is 0. The first kappa shape index (κ1) is 11.0. The Hall–Kier alpha value is -1.12. The van der Waals surface area contributed by atoms with Crippen molar-refractivity contribution in [2.45, 2.75) is 19.1 Å². The quantitative estimate of drug-likeness (QED) is 0.615. The number of carbonyl (C=O) groups is 1. The smallest absolute Gasteiger partial charge is 0.254 e. The Bertz CT molecular complexity index is 243. The summed E-state index contributed by atoms with van der Waals surface area (Å²) in [7, 11) is 1.59. The molecule has 2 unspecified atom stereocenters. The molecule has 78 valence electrons. The minimum Gasteiger partial charge on any atom is -0.376 e. The van der Waals surface area contributed by atoms with Crippen LogP contribution in [-0.2, 0) is 14.3 Å². The highest BCUT2D eigenvalue weighted by atomic mass is 16.6. The fourth-order valence-corrected chi connectivity index (χ4v) is 1.13. The first-order valence-electron chi connectivity index (χ1n) is 4.52. The van der Waals surface area contributed by atoms with Crippen molar-refractivity contribution in [1.82, 2.24) is 4.90 Å². The van der Waals surface area contributed by atoms with Crippen LogP contribution in [-0.4, -0.2) is 49.8 Å². The first-order valence-corrected chi connectivity index (χ1v) is 4.52. The fraction of sp³-hybridized carbons (Fsp3) is 0.778. The highest BCUT2D eigenvalue weighted by Crippen LogP contribution is 2.06. The van der Waals surface area contributed by atoms with E-state index >= 15 is 0 Å². The molecule has 0 aromatic rings. The molecule has 1 aliphatic heterocycles. The van der Waals surface area contributed by atoms with Crippen molar-refractivity contribution in [3.8, 4) is 6.07 Å². The Morgan fingerprint density at radius 2 is 2.36 bits per heavy atom. The summed E-state index contributed by atoms with van der Waals surface area (Å²) < 4.78 is 10.3. The predicted molar refractivity (Wildman–Crippen MR) is 48.4 cm³/mol. The van der Waals surface area contributed by atoms with Crippen LogP contribution in [0, 0.1) is 11.3 Å². The van der Waals surface area contributed by atoms with Gasteiger partial charge < -0.3 is 14.4 Å². The lowest BCUT2D eigenvalue weighted by molar-refractivity contribution is -0.157. The molecule has 0 N–H and O–H groups in total. The van der Waals surface area contributed by atoms with Crippen molar-refractivity contribution in [2.75, 3.05) is 26.9 Å². The first-order chi connectivity index (χ1) is 6.66. The van der Waals surface area contributed by atoms with Gasteiger partial charge in [0.2, 0.25) is 0 Å². The molecule has 0 aromatic heterocycles. The van der Waals surface area contributed by atoms with Crippen LogP contribution in [0.3, 0.4) is 0 Å². The molecule has 0 aromatic carbocycles. The zero-order valence-electron chi connectivity index (χ0n) is 8.40. The van der Waals surface area contributed by atoms with Crippen LogP contribution in [0.4, 0.5) is 0 Å². The normalized spacial score (nSPS) is 23.6. The summed E-state index contributed by atoms with van der Waals surface area (Å²) in [6.07, 6.45) is -0.551. The van der Waals surface area contributed by atoms with Crippen LogP contribution in [0.2, 0.25) is 0 Å². The summed E-state index contributed by atoms with van der Waals surface area (Å²) in [5.41, 5.74) is 0. The van der Waals surface area contributed by atoms with E-state index in [0.717, 1.165) is 0 Å². The summed E-state index contributed by atoms with van der Waals surface area (Å²) in [6.45, 7) is 2.91. The molecule has 5 nitrogen and oxygen atoms in total. The molecule has 1 saturated heterocycles. The molecule has 1 amide bonds. The number of rotatable bonds is 2. The second-order valence-electron chi connectivity index (χ2n) is 3.19. The summed E-state index contributed by atoms with van der Waals surface area (Å²) in [5, 5.41) is 8.64. The molecule has 14 heavy (non-hydrogen) atoms. The lowest BCUT2D eigenvalue weighted by Crippen LogP contribution is -2.46. The van der Waals surface area contributed by atoms with E-state index in [0.29, 0.717) is 13.2 Å². The molecule has 1 aliphatic rings. The minimum absolute atomic E-state index is 0.196. The number of likely N-dealkylation sites (N-methyl/N-ethyl adjacent to an activating group) is 1. The van der Waals surface area contributed by atoms with E-state index in [1.165, 1.54) is 4.90 Å². The number of hydrogen-bond donors (Lipinski definition) is 0. The number of nitrogens with zero attached hydrogens (tertiary/aromatic N) is 2. The molecule has 0 spiro atoms. The second-order valence-corrected chi connectivity index (χ2v) is 3.19. The number of amides is 1. The minimum atomic E-state index is -0.551. The Labute approximate surface area is 83.2 Å². The Morgan fingerprint density at radius 1 is 1.64 bits per heavy atom. The number of nitriles is 1. The predicted octanol–water partition coefficient (Wildman–Crippen LogP) is -0.228. The zero-order valence-corrected chi connectivity index (χ0v) is 8.40. The van der Waals surface area contributed by atoms with Crippen molar-refractivity contribution in [3.63, 3.8) is 0 Å². The monoisotopic (exact) mass is 198 g/mol. The van der Waals surface area contributed by atoms with Gasteiger partial charge in [0.1, 0.15) is 6.04 Å². The van der Waals surface area contributed by atoms with Gasteiger partial charge in [-0.1, -0.05) is 0 Å². The Balaban J connectivity index is 2.51. The third kappa shape index (κ3) is 2.44. The van der Waals surface area contributed by atoms with Gasteiger partial charge in [0.25, 0.3) is 5.91 Å². The van der Waals surface area contributed by atoms with Crippen LogP contribution in [0.25, 0.3) is 0 Å². The maximum Gasteiger partial charge on any atom is 0.254 e. The van der Waals surface area contributed by atoms with Crippen molar-refractivity contribution < 1.29 is 14.3 Å². The van der Waals surface area contributed by atoms with E-state index in [9.17, 15) is 4.79 Å². The van der Waals surface area contributed by atoms with E-state index in [4.69, 9.17) is 14.7 Å². The van der Waals surface area contributed by atoms with Gasteiger partial charge in [-0.25, -0.2) is 0 Å². The molecular formula is C9H14N2O3. The summed E-state index contributed by atoms with van der Waals surface area (Å²) in [6, 6.07) is 1.56. The maximum absolute atomic E-state index is 11.7. The van der Waals surface area contributed by atoms with Gasteiger partial charge in [-0.05, 0) is 6.92 Å². The third-order valence-electron chi connectivity index (χ3n) is 2.21. The van der Waals surface area contributed by atoms with Gasteiger partial charge in [-0.15, -0.1) is 0 Å². The van der Waals surface area contributed by atoms with Gasteiger partial charge in [0.15, 0.2) is 6.10 Å². The molecule has 2 atom stereocenters. The molecule has 0 aliphatic carbocycles. The number of hydrogen-bond acceptors (Lipinski definition) is 4. The molecule has 1 heterocycles. The van der Waals surface area contributed by atoms with Gasteiger partial charge in [0.05, 0.1) is 25.9 Å². The van der Waals surface area contributed by atoms with Crippen molar-refractivity contribution in [3.05, 3.63) is 0 Å². The van der Waals surface area contributed by atoms with Crippen molar-refractivity contribution in [1.29, 1.82) is 5.26 Å². The van der Waals surface area contributed by atoms with Crippen LogP contribution in [0.15, 0.2) is 0 Å².